The smallest absolute Gasteiger partial charge is 0.305 e. The van der Waals surface area contributed by atoms with Crippen LogP contribution in [0.2, 0.25) is 0 Å². The lowest BCUT2D eigenvalue weighted by Crippen LogP contribution is -2.45. The number of nitrogens with one attached hydrogen (secondary N) is 1. The van der Waals surface area contributed by atoms with Crippen LogP contribution in [0.3, 0.4) is 0 Å². The predicted molar refractivity (Wildman–Crippen MR) is 301 cm³/mol. The largest absolute Gasteiger partial charge is 0.466 e. The van der Waals surface area contributed by atoms with E-state index in [2.05, 4.69) is 19.2 Å². The van der Waals surface area contributed by atoms with Crippen LogP contribution in [-0.2, 0) is 14.3 Å². The number of esters is 1. The van der Waals surface area contributed by atoms with Gasteiger partial charge in [-0.25, -0.2) is 0 Å². The number of unbranched alkanes of at least 4 members (excludes halogenated alkanes) is 48. The summed E-state index contributed by atoms with van der Waals surface area (Å²) >= 11 is 0. The van der Waals surface area contributed by atoms with Gasteiger partial charge in [0.2, 0.25) is 5.91 Å². The number of hydrogen-bond acceptors (Lipinski definition) is 5. The summed E-state index contributed by atoms with van der Waals surface area (Å²) in [6.07, 6.45) is 71.1. The van der Waals surface area contributed by atoms with Crippen LogP contribution in [0.5, 0.6) is 0 Å². The maximum atomic E-state index is 12.5. The molecule has 6 nitrogen and oxygen atoms in total. The molecule has 0 saturated carbocycles. The molecular formula is C63H123NO5. The molecule has 1 amide bonds. The summed E-state index contributed by atoms with van der Waals surface area (Å²) < 4.78 is 5.47. The van der Waals surface area contributed by atoms with Gasteiger partial charge in [-0.3, -0.25) is 9.59 Å². The summed E-state index contributed by atoms with van der Waals surface area (Å²) in [6, 6.07) is -0.636. The Kier molecular flexibility index (Phi) is 58.0. The minimum atomic E-state index is -0.852. The third kappa shape index (κ3) is 55.8. The van der Waals surface area contributed by atoms with Crippen molar-refractivity contribution in [3.05, 3.63) is 12.2 Å². The van der Waals surface area contributed by atoms with Crippen molar-refractivity contribution in [1.82, 2.24) is 5.32 Å². The molecule has 0 aliphatic carbocycles. The second-order valence-electron chi connectivity index (χ2n) is 21.8. The monoisotopic (exact) mass is 974 g/mol. The highest BCUT2D eigenvalue weighted by Gasteiger charge is 2.18. The maximum absolute atomic E-state index is 12.5. The number of aliphatic hydroxyl groups excluding tert-OH is 2. The number of carbonyl (C=O) groups is 2. The van der Waals surface area contributed by atoms with E-state index in [9.17, 15) is 19.8 Å². The summed E-state index contributed by atoms with van der Waals surface area (Å²) in [5.41, 5.74) is 0. The van der Waals surface area contributed by atoms with Gasteiger partial charge in [-0.2, -0.15) is 0 Å². The Bertz CT molecular complexity index is 1030. The molecule has 0 spiro atoms. The van der Waals surface area contributed by atoms with Crippen molar-refractivity contribution < 1.29 is 24.5 Å². The van der Waals surface area contributed by atoms with Crippen LogP contribution in [0.25, 0.3) is 0 Å². The number of ether oxygens (including phenoxy) is 1. The van der Waals surface area contributed by atoms with Gasteiger partial charge < -0.3 is 20.3 Å². The van der Waals surface area contributed by atoms with Gasteiger partial charge in [-0.15, -0.1) is 0 Å². The third-order valence-electron chi connectivity index (χ3n) is 14.8. The molecule has 2 atom stereocenters. The molecule has 0 saturated heterocycles. The van der Waals surface area contributed by atoms with Crippen molar-refractivity contribution in [3.8, 4) is 0 Å². The topological polar surface area (TPSA) is 95.9 Å². The highest BCUT2D eigenvalue weighted by Crippen LogP contribution is 2.18. The Morgan fingerprint density at radius 1 is 0.391 bits per heavy atom. The van der Waals surface area contributed by atoms with Crippen LogP contribution in [0.4, 0.5) is 0 Å². The van der Waals surface area contributed by atoms with E-state index >= 15 is 0 Å². The Morgan fingerprint density at radius 3 is 0.986 bits per heavy atom. The van der Waals surface area contributed by atoms with Crippen LogP contribution in [-0.4, -0.2) is 47.4 Å². The lowest BCUT2D eigenvalue weighted by atomic mass is 10.0. The van der Waals surface area contributed by atoms with Crippen molar-refractivity contribution in [2.75, 3.05) is 13.2 Å². The highest BCUT2D eigenvalue weighted by molar-refractivity contribution is 5.76. The van der Waals surface area contributed by atoms with Crippen LogP contribution in [0, 0.1) is 0 Å². The molecular weight excluding hydrogens is 851 g/mol. The average molecular weight is 975 g/mol. The fourth-order valence-electron chi connectivity index (χ4n) is 9.99. The van der Waals surface area contributed by atoms with E-state index in [1.54, 1.807) is 6.08 Å². The van der Waals surface area contributed by atoms with E-state index in [-0.39, 0.29) is 18.5 Å². The number of allylic oxidation sites excluding steroid dienone is 1. The van der Waals surface area contributed by atoms with Crippen molar-refractivity contribution >= 4 is 11.9 Å². The molecule has 0 radical (unpaired) electrons. The first-order valence-corrected chi connectivity index (χ1v) is 31.5. The van der Waals surface area contributed by atoms with E-state index in [1.807, 2.05) is 6.08 Å². The van der Waals surface area contributed by atoms with E-state index < -0.39 is 12.1 Å². The Balaban J connectivity index is 3.46. The lowest BCUT2D eigenvalue weighted by molar-refractivity contribution is -0.143. The number of rotatable bonds is 59. The van der Waals surface area contributed by atoms with Crippen LogP contribution in [0.1, 0.15) is 354 Å². The summed E-state index contributed by atoms with van der Waals surface area (Å²) in [7, 11) is 0. The SMILES string of the molecule is CCCCCCCCCCCCCCCCCCCCCCCCC/C=C/C(O)C(CO)NC(=O)CCCCCCCCCCCCCCCCOC(=O)CCCCCCCCCCCCCCC. The minimum Gasteiger partial charge on any atom is -0.466 e. The van der Waals surface area contributed by atoms with Gasteiger partial charge in [0.25, 0.3) is 0 Å². The molecule has 6 heteroatoms. The standard InChI is InChI=1S/C63H123NO5/c1-3-5-7-9-11-13-15-17-18-19-20-21-22-23-24-25-26-27-28-32-35-39-43-47-51-55-61(66)60(59-65)64-62(67)56-52-48-44-40-36-33-29-30-34-38-42-46-50-54-58-69-63(68)57-53-49-45-41-37-31-16-14-12-10-8-6-4-2/h51,55,60-61,65-66H,3-50,52-54,56-59H2,1-2H3,(H,64,67)/b55-51+. The molecule has 3 N–H and O–H groups in total. The van der Waals surface area contributed by atoms with Crippen molar-refractivity contribution in [2.45, 2.75) is 366 Å². The predicted octanol–water partition coefficient (Wildman–Crippen LogP) is 19.6. The maximum Gasteiger partial charge on any atom is 0.305 e. The fraction of sp³-hybridized carbons (Fsp3) is 0.937. The molecule has 2 unspecified atom stereocenters. The molecule has 410 valence electrons. The van der Waals surface area contributed by atoms with Gasteiger partial charge in [0.05, 0.1) is 25.4 Å². The fourth-order valence-corrected chi connectivity index (χ4v) is 9.99. The summed E-state index contributed by atoms with van der Waals surface area (Å²) in [5.74, 6) is -0.0747. The number of carbonyl (C=O) groups excluding carboxylic acids is 2. The van der Waals surface area contributed by atoms with Gasteiger partial charge >= 0.3 is 5.97 Å². The first-order valence-electron chi connectivity index (χ1n) is 31.5. The van der Waals surface area contributed by atoms with Gasteiger partial charge in [0.1, 0.15) is 0 Å². The van der Waals surface area contributed by atoms with E-state index in [0.29, 0.717) is 19.4 Å². The van der Waals surface area contributed by atoms with Crippen LogP contribution in [0.15, 0.2) is 12.2 Å². The summed E-state index contributed by atoms with van der Waals surface area (Å²) in [4.78, 5) is 24.5. The van der Waals surface area contributed by atoms with E-state index in [0.717, 1.165) is 57.8 Å². The molecule has 0 aliphatic rings. The van der Waals surface area contributed by atoms with E-state index in [4.69, 9.17) is 4.74 Å². The molecule has 0 heterocycles. The summed E-state index contributed by atoms with van der Waals surface area (Å²) in [5, 5.41) is 23.2. The number of amides is 1. The zero-order valence-corrected chi connectivity index (χ0v) is 46.8. The Morgan fingerprint density at radius 2 is 0.667 bits per heavy atom. The third-order valence-corrected chi connectivity index (χ3v) is 14.8. The average Bonchev–Trinajstić information content (AvgIpc) is 3.35. The van der Waals surface area contributed by atoms with Gasteiger partial charge in [-0.1, -0.05) is 321 Å². The van der Waals surface area contributed by atoms with Crippen LogP contribution < -0.4 is 5.32 Å². The first kappa shape index (κ1) is 67.6. The minimum absolute atomic E-state index is 0.000740. The quantitative estimate of drug-likeness (QED) is 0.0321. The zero-order valence-electron chi connectivity index (χ0n) is 46.8. The lowest BCUT2D eigenvalue weighted by Gasteiger charge is -2.20. The molecule has 69 heavy (non-hydrogen) atoms. The molecule has 0 fully saturated rings. The number of aliphatic hydroxyl groups is 2. The second-order valence-corrected chi connectivity index (χ2v) is 21.8. The molecule has 0 aliphatic heterocycles. The Hall–Kier alpha value is -1.40. The van der Waals surface area contributed by atoms with Gasteiger partial charge in [0.15, 0.2) is 0 Å². The first-order chi connectivity index (χ1) is 34.0. The number of hydrogen-bond donors (Lipinski definition) is 3. The molecule has 0 aromatic heterocycles. The van der Waals surface area contributed by atoms with E-state index in [1.165, 1.54) is 270 Å². The summed E-state index contributed by atoms with van der Waals surface area (Å²) in [6.45, 7) is 4.91. The second kappa shape index (κ2) is 59.2. The molecule has 0 rings (SSSR count). The molecule has 0 aromatic carbocycles. The van der Waals surface area contributed by atoms with Crippen molar-refractivity contribution in [1.29, 1.82) is 0 Å². The van der Waals surface area contributed by atoms with Crippen LogP contribution >= 0.6 is 0 Å². The Labute approximate surface area is 431 Å². The molecule has 0 aromatic rings. The van der Waals surface area contributed by atoms with Crippen molar-refractivity contribution in [2.24, 2.45) is 0 Å². The van der Waals surface area contributed by atoms with Gasteiger partial charge in [-0.05, 0) is 32.1 Å². The van der Waals surface area contributed by atoms with Gasteiger partial charge in [0, 0.05) is 12.8 Å². The van der Waals surface area contributed by atoms with Crippen molar-refractivity contribution in [3.63, 3.8) is 0 Å². The normalized spacial score (nSPS) is 12.6. The highest BCUT2D eigenvalue weighted by atomic mass is 16.5. The zero-order chi connectivity index (χ0) is 50.0. The molecule has 0 bridgehead atoms.